The van der Waals surface area contributed by atoms with Crippen molar-refractivity contribution in [1.82, 2.24) is 0 Å². The van der Waals surface area contributed by atoms with Crippen molar-refractivity contribution in [2.75, 3.05) is 23.0 Å². The van der Waals surface area contributed by atoms with Gasteiger partial charge in [0.1, 0.15) is 0 Å². The number of anilines is 2. The Balaban J connectivity index is 1.52. The molecule has 146 valence electrons. The number of amides is 1. The van der Waals surface area contributed by atoms with E-state index in [1.807, 2.05) is 24.3 Å². The van der Waals surface area contributed by atoms with Crippen LogP contribution in [0.2, 0.25) is 0 Å². The van der Waals surface area contributed by atoms with Crippen LogP contribution in [0.5, 0.6) is 0 Å². The van der Waals surface area contributed by atoms with Crippen LogP contribution in [0.1, 0.15) is 18.4 Å². The van der Waals surface area contributed by atoms with E-state index in [0.717, 1.165) is 23.7 Å². The number of hydrogen-bond acceptors (Lipinski definition) is 4. The van der Waals surface area contributed by atoms with Crippen LogP contribution < -0.4 is 9.91 Å². The zero-order valence-electron chi connectivity index (χ0n) is 15.9. The van der Waals surface area contributed by atoms with Gasteiger partial charge in [-0.15, -0.1) is 0 Å². The molecule has 2 aromatic rings. The van der Waals surface area contributed by atoms with Gasteiger partial charge in [0, 0.05) is 18.8 Å². The number of carboxylic acids is 1. The number of aliphatic carboxylic acids is 1. The average Bonchev–Trinajstić information content (AvgIpc) is 3.38. The van der Waals surface area contributed by atoms with Gasteiger partial charge in [-0.2, -0.15) is 10.1 Å². The van der Waals surface area contributed by atoms with E-state index in [2.05, 4.69) is 22.1 Å². The SMILES string of the molecule is O=C(O)C1=NN(c2ccccc2)C(=O)/C1=C\C=C\c1ccc(N2CCCC2)cc1. The maximum absolute atomic E-state index is 12.7. The van der Waals surface area contributed by atoms with Crippen LogP contribution in [0.4, 0.5) is 11.4 Å². The fraction of sp³-hybridized carbons (Fsp3) is 0.174. The van der Waals surface area contributed by atoms with E-state index in [4.69, 9.17) is 0 Å². The topological polar surface area (TPSA) is 73.2 Å². The normalized spacial score (nSPS) is 18.1. The van der Waals surface area contributed by atoms with Crippen LogP contribution in [0.15, 0.2) is 77.4 Å². The van der Waals surface area contributed by atoms with E-state index in [1.165, 1.54) is 24.6 Å². The number of carbonyl (C=O) groups is 2. The lowest BCUT2D eigenvalue weighted by Gasteiger charge is -2.17. The summed E-state index contributed by atoms with van der Waals surface area (Å²) in [6, 6.07) is 17.0. The molecule has 1 N–H and O–H groups in total. The summed E-state index contributed by atoms with van der Waals surface area (Å²) in [5.41, 5.74) is 2.52. The lowest BCUT2D eigenvalue weighted by Crippen LogP contribution is -2.22. The minimum atomic E-state index is -1.23. The Morgan fingerprint density at radius 3 is 2.31 bits per heavy atom. The van der Waals surface area contributed by atoms with Crippen molar-refractivity contribution in [3.8, 4) is 0 Å². The highest BCUT2D eigenvalue weighted by molar-refractivity contribution is 6.52. The Bertz CT molecular complexity index is 1000. The highest BCUT2D eigenvalue weighted by Crippen LogP contribution is 2.24. The minimum Gasteiger partial charge on any atom is -0.476 e. The van der Waals surface area contributed by atoms with E-state index in [0.29, 0.717) is 5.69 Å². The lowest BCUT2D eigenvalue weighted by atomic mass is 10.1. The molecule has 0 aliphatic carbocycles. The van der Waals surface area contributed by atoms with Gasteiger partial charge in [-0.3, -0.25) is 4.79 Å². The number of para-hydroxylation sites is 1. The summed E-state index contributed by atoms with van der Waals surface area (Å²) in [4.78, 5) is 26.6. The highest BCUT2D eigenvalue weighted by Gasteiger charge is 2.34. The molecular weight excluding hydrogens is 366 g/mol. The van der Waals surface area contributed by atoms with Crippen molar-refractivity contribution in [3.05, 3.63) is 77.9 Å². The average molecular weight is 387 g/mol. The molecule has 1 amide bonds. The Labute approximate surface area is 169 Å². The molecular formula is C23H21N3O3. The van der Waals surface area contributed by atoms with Crippen LogP contribution in [-0.4, -0.2) is 35.8 Å². The molecule has 2 aliphatic heterocycles. The van der Waals surface area contributed by atoms with Gasteiger partial charge in [0.05, 0.1) is 11.3 Å². The molecule has 0 spiro atoms. The van der Waals surface area contributed by atoms with E-state index < -0.39 is 11.9 Å². The maximum atomic E-state index is 12.7. The van der Waals surface area contributed by atoms with Crippen molar-refractivity contribution in [3.63, 3.8) is 0 Å². The number of allylic oxidation sites excluding steroid dienone is 2. The summed E-state index contributed by atoms with van der Waals surface area (Å²) in [5, 5.41) is 14.6. The van der Waals surface area contributed by atoms with Gasteiger partial charge in [-0.05, 0) is 48.7 Å². The van der Waals surface area contributed by atoms with Gasteiger partial charge >= 0.3 is 5.97 Å². The third-order valence-electron chi connectivity index (χ3n) is 5.00. The molecule has 29 heavy (non-hydrogen) atoms. The molecule has 0 unspecified atom stereocenters. The molecule has 0 atom stereocenters. The Morgan fingerprint density at radius 2 is 1.66 bits per heavy atom. The quantitative estimate of drug-likeness (QED) is 0.794. The Kier molecular flexibility index (Phi) is 5.24. The highest BCUT2D eigenvalue weighted by atomic mass is 16.4. The molecule has 2 aliphatic rings. The van der Waals surface area contributed by atoms with Gasteiger partial charge in [0.15, 0.2) is 5.71 Å². The van der Waals surface area contributed by atoms with Crippen molar-refractivity contribution in [1.29, 1.82) is 0 Å². The molecule has 0 bridgehead atoms. The summed E-state index contributed by atoms with van der Waals surface area (Å²) in [6.45, 7) is 2.19. The summed E-state index contributed by atoms with van der Waals surface area (Å²) < 4.78 is 0. The standard InChI is InChI=1S/C23H21N3O3/c27-22-20(21(23(28)29)24-26(22)19-8-2-1-3-9-19)10-6-7-17-11-13-18(14-12-17)25-15-4-5-16-25/h1-3,6-14H,4-5,15-16H2,(H,28,29)/b7-6+,20-10-. The molecule has 6 heteroatoms. The molecule has 4 rings (SSSR count). The van der Waals surface area contributed by atoms with Gasteiger partial charge < -0.3 is 10.0 Å². The molecule has 1 fully saturated rings. The second-order valence-electron chi connectivity index (χ2n) is 6.93. The summed E-state index contributed by atoms with van der Waals surface area (Å²) >= 11 is 0. The lowest BCUT2D eigenvalue weighted by molar-refractivity contribution is -0.129. The molecule has 2 heterocycles. The first-order valence-corrected chi connectivity index (χ1v) is 9.58. The van der Waals surface area contributed by atoms with Crippen molar-refractivity contribution < 1.29 is 14.7 Å². The van der Waals surface area contributed by atoms with Gasteiger partial charge in [-0.1, -0.05) is 42.5 Å². The maximum Gasteiger partial charge on any atom is 0.357 e. The molecule has 6 nitrogen and oxygen atoms in total. The van der Waals surface area contributed by atoms with Crippen LogP contribution in [0.3, 0.4) is 0 Å². The number of rotatable bonds is 5. The smallest absolute Gasteiger partial charge is 0.357 e. The Hall–Kier alpha value is -3.67. The van der Waals surface area contributed by atoms with Crippen molar-refractivity contribution >= 4 is 35.0 Å². The van der Waals surface area contributed by atoms with Crippen molar-refractivity contribution in [2.24, 2.45) is 5.10 Å². The van der Waals surface area contributed by atoms with E-state index >= 15 is 0 Å². The van der Waals surface area contributed by atoms with Crippen LogP contribution in [-0.2, 0) is 9.59 Å². The van der Waals surface area contributed by atoms with E-state index in [1.54, 1.807) is 30.3 Å². The third kappa shape index (κ3) is 3.96. The number of benzene rings is 2. The molecule has 2 aromatic carbocycles. The number of carboxylic acid groups (broad SMARTS) is 1. The second kappa shape index (κ2) is 8.14. The van der Waals surface area contributed by atoms with Crippen LogP contribution in [0, 0.1) is 0 Å². The van der Waals surface area contributed by atoms with E-state index in [-0.39, 0.29) is 11.3 Å². The number of hydrazone groups is 1. The minimum absolute atomic E-state index is 0.0614. The third-order valence-corrected chi connectivity index (χ3v) is 5.00. The largest absolute Gasteiger partial charge is 0.476 e. The first-order chi connectivity index (χ1) is 14.1. The molecule has 0 aromatic heterocycles. The van der Waals surface area contributed by atoms with Gasteiger partial charge in [-0.25, -0.2) is 4.79 Å². The van der Waals surface area contributed by atoms with Crippen molar-refractivity contribution in [2.45, 2.75) is 12.8 Å². The number of nitrogens with zero attached hydrogens (tertiary/aromatic N) is 3. The van der Waals surface area contributed by atoms with Gasteiger partial charge in [0.25, 0.3) is 5.91 Å². The molecule has 0 radical (unpaired) electrons. The van der Waals surface area contributed by atoms with Gasteiger partial charge in [0.2, 0.25) is 0 Å². The monoisotopic (exact) mass is 387 g/mol. The zero-order valence-corrected chi connectivity index (χ0v) is 15.9. The number of hydrogen-bond donors (Lipinski definition) is 1. The predicted octanol–water partition coefficient (Wildman–Crippen LogP) is 3.71. The predicted molar refractivity (Wildman–Crippen MR) is 114 cm³/mol. The van der Waals surface area contributed by atoms with Crippen LogP contribution >= 0.6 is 0 Å². The molecule has 0 saturated carbocycles. The van der Waals surface area contributed by atoms with E-state index in [9.17, 15) is 14.7 Å². The second-order valence-corrected chi connectivity index (χ2v) is 6.93. The first kappa shape index (κ1) is 18.7. The fourth-order valence-electron chi connectivity index (χ4n) is 3.49. The zero-order chi connectivity index (χ0) is 20.2. The first-order valence-electron chi connectivity index (χ1n) is 9.58. The Morgan fingerprint density at radius 1 is 0.966 bits per heavy atom. The summed E-state index contributed by atoms with van der Waals surface area (Å²) in [7, 11) is 0. The summed E-state index contributed by atoms with van der Waals surface area (Å²) in [6.07, 6.45) is 7.50. The molecule has 1 saturated heterocycles. The fourth-order valence-corrected chi connectivity index (χ4v) is 3.49. The number of carbonyl (C=O) groups excluding carboxylic acids is 1. The van der Waals surface area contributed by atoms with Crippen LogP contribution in [0.25, 0.3) is 6.08 Å². The summed E-state index contributed by atoms with van der Waals surface area (Å²) in [5.74, 6) is -1.69.